The van der Waals surface area contributed by atoms with Crippen molar-refractivity contribution in [2.75, 3.05) is 13.7 Å². The number of hydrogen-bond acceptors (Lipinski definition) is 3. The fourth-order valence-corrected chi connectivity index (χ4v) is 4.52. The van der Waals surface area contributed by atoms with Crippen LogP contribution in [-0.2, 0) is 4.74 Å². The molecule has 0 saturated heterocycles. The van der Waals surface area contributed by atoms with Crippen LogP contribution in [0.4, 0.5) is 4.79 Å². The van der Waals surface area contributed by atoms with E-state index in [4.69, 9.17) is 4.74 Å². The molecule has 0 aliphatic heterocycles. The zero-order valence-corrected chi connectivity index (χ0v) is 15.2. The van der Waals surface area contributed by atoms with Gasteiger partial charge in [0, 0.05) is 31.2 Å². The highest BCUT2D eigenvalue weighted by Crippen LogP contribution is 2.51. The van der Waals surface area contributed by atoms with Crippen LogP contribution < -0.4 is 5.32 Å². The van der Waals surface area contributed by atoms with Crippen molar-refractivity contribution in [1.29, 1.82) is 0 Å². The van der Waals surface area contributed by atoms with Crippen LogP contribution in [0.3, 0.4) is 0 Å². The number of urea groups is 1. The third-order valence-electron chi connectivity index (χ3n) is 6.24. The lowest BCUT2D eigenvalue weighted by atomic mass is 9.58. The van der Waals surface area contributed by atoms with Gasteiger partial charge in [0.25, 0.3) is 0 Å². The van der Waals surface area contributed by atoms with Gasteiger partial charge in [-0.2, -0.15) is 0 Å². The van der Waals surface area contributed by atoms with Gasteiger partial charge in [-0.3, -0.25) is 0 Å². The molecule has 2 aliphatic carbocycles. The van der Waals surface area contributed by atoms with Crippen LogP contribution >= 0.6 is 0 Å². The first-order chi connectivity index (χ1) is 11.0. The number of nitrogens with zero attached hydrogens (tertiary/aromatic N) is 1. The Morgan fingerprint density at radius 2 is 1.83 bits per heavy atom. The summed E-state index contributed by atoms with van der Waals surface area (Å²) in [6, 6.07) is 0.481. The molecular weight excluding hydrogens is 292 g/mol. The molecule has 2 rings (SSSR count). The third kappa shape index (κ3) is 3.66. The van der Waals surface area contributed by atoms with E-state index >= 15 is 0 Å². The highest BCUT2D eigenvalue weighted by atomic mass is 16.5. The quantitative estimate of drug-likeness (QED) is 0.789. The van der Waals surface area contributed by atoms with Crippen molar-refractivity contribution in [3.8, 4) is 0 Å². The van der Waals surface area contributed by atoms with Crippen molar-refractivity contribution in [3.63, 3.8) is 0 Å². The summed E-state index contributed by atoms with van der Waals surface area (Å²) in [6.07, 6.45) is 6.41. The van der Waals surface area contributed by atoms with Gasteiger partial charge in [-0.1, -0.05) is 13.8 Å². The Balaban J connectivity index is 1.93. The topological polar surface area (TPSA) is 61.8 Å². The lowest BCUT2D eigenvalue weighted by Gasteiger charge is -2.58. The molecule has 0 aromatic rings. The van der Waals surface area contributed by atoms with Crippen molar-refractivity contribution in [3.05, 3.63) is 0 Å². The number of carbonyl (C=O) groups excluding carboxylic acids is 1. The summed E-state index contributed by atoms with van der Waals surface area (Å²) in [5.41, 5.74) is 0.0882. The number of ether oxygens (including phenoxy) is 1. The second kappa shape index (κ2) is 7.84. The van der Waals surface area contributed by atoms with Crippen molar-refractivity contribution in [1.82, 2.24) is 10.2 Å². The van der Waals surface area contributed by atoms with Crippen molar-refractivity contribution in [2.24, 2.45) is 5.41 Å². The summed E-state index contributed by atoms with van der Waals surface area (Å²) in [6.45, 7) is 7.18. The van der Waals surface area contributed by atoms with E-state index in [1.165, 1.54) is 0 Å². The van der Waals surface area contributed by atoms with E-state index in [1.807, 2.05) is 18.9 Å². The lowest BCUT2D eigenvalue weighted by molar-refractivity contribution is -0.158. The number of carbonyl (C=O) groups is 1. The van der Waals surface area contributed by atoms with Crippen LogP contribution in [0.25, 0.3) is 0 Å². The Morgan fingerprint density at radius 3 is 2.35 bits per heavy atom. The summed E-state index contributed by atoms with van der Waals surface area (Å²) in [4.78, 5) is 14.5. The first-order valence-electron chi connectivity index (χ1n) is 9.31. The molecule has 2 atom stereocenters. The Bertz CT molecular complexity index is 390. The fraction of sp³-hybridized carbons (Fsp3) is 0.944. The highest BCUT2D eigenvalue weighted by Gasteiger charge is 2.55. The van der Waals surface area contributed by atoms with Gasteiger partial charge < -0.3 is 20.1 Å². The number of aliphatic hydroxyl groups is 1. The van der Waals surface area contributed by atoms with E-state index in [0.29, 0.717) is 0 Å². The monoisotopic (exact) mass is 326 g/mol. The predicted molar refractivity (Wildman–Crippen MR) is 91.4 cm³/mol. The average molecular weight is 326 g/mol. The van der Waals surface area contributed by atoms with Crippen LogP contribution in [0.1, 0.15) is 65.7 Å². The largest absolute Gasteiger partial charge is 0.393 e. The second-order valence-electron chi connectivity index (χ2n) is 7.20. The number of aliphatic hydroxyl groups excluding tert-OH is 1. The summed E-state index contributed by atoms with van der Waals surface area (Å²) in [7, 11) is 1.92. The minimum Gasteiger partial charge on any atom is -0.393 e. The van der Waals surface area contributed by atoms with Crippen LogP contribution in [0.2, 0.25) is 0 Å². The third-order valence-corrected chi connectivity index (χ3v) is 6.24. The van der Waals surface area contributed by atoms with Gasteiger partial charge in [0.1, 0.15) is 0 Å². The van der Waals surface area contributed by atoms with Gasteiger partial charge in [0.05, 0.1) is 12.2 Å². The van der Waals surface area contributed by atoms with Crippen LogP contribution in [-0.4, -0.2) is 54.0 Å². The van der Waals surface area contributed by atoms with E-state index in [9.17, 15) is 9.90 Å². The van der Waals surface area contributed by atoms with Crippen molar-refractivity contribution >= 4 is 6.03 Å². The second-order valence-corrected chi connectivity index (χ2v) is 7.20. The Hall–Kier alpha value is -0.810. The number of hydrogen-bond donors (Lipinski definition) is 2. The zero-order valence-electron chi connectivity index (χ0n) is 15.2. The van der Waals surface area contributed by atoms with Gasteiger partial charge in [-0.25, -0.2) is 4.79 Å². The van der Waals surface area contributed by atoms with Crippen LogP contribution in [0.15, 0.2) is 0 Å². The van der Waals surface area contributed by atoms with Gasteiger partial charge in [0.15, 0.2) is 0 Å². The molecule has 0 bridgehead atoms. The molecule has 5 nitrogen and oxygen atoms in total. The minimum absolute atomic E-state index is 0.0256. The van der Waals surface area contributed by atoms with Gasteiger partial charge in [-0.05, 0) is 51.9 Å². The molecule has 134 valence electrons. The molecule has 2 unspecified atom stereocenters. The molecule has 2 amide bonds. The SMILES string of the molecule is CCOC1CC(N(C)C(=O)NC2CCC(O)CC2)C1(CC)CC. The molecule has 2 N–H and O–H groups in total. The lowest BCUT2D eigenvalue weighted by Crippen LogP contribution is -2.66. The van der Waals surface area contributed by atoms with Crippen LogP contribution in [0.5, 0.6) is 0 Å². The molecule has 23 heavy (non-hydrogen) atoms. The maximum atomic E-state index is 12.6. The van der Waals surface area contributed by atoms with E-state index in [0.717, 1.165) is 51.6 Å². The molecular formula is C18H34N2O3. The first kappa shape index (κ1) is 18.5. The molecule has 0 spiro atoms. The molecule has 2 aliphatic rings. The Kier molecular flexibility index (Phi) is 6.32. The molecule has 0 radical (unpaired) electrons. The maximum absolute atomic E-state index is 12.6. The summed E-state index contributed by atoms with van der Waals surface area (Å²) in [5, 5.41) is 12.7. The summed E-state index contributed by atoms with van der Waals surface area (Å²) >= 11 is 0. The first-order valence-corrected chi connectivity index (χ1v) is 9.31. The van der Waals surface area contributed by atoms with Gasteiger partial charge in [0.2, 0.25) is 0 Å². The van der Waals surface area contributed by atoms with E-state index in [1.54, 1.807) is 0 Å². The molecule has 0 heterocycles. The summed E-state index contributed by atoms with van der Waals surface area (Å²) < 4.78 is 5.91. The molecule has 2 fully saturated rings. The average Bonchev–Trinajstić information content (AvgIpc) is 2.54. The molecule has 2 saturated carbocycles. The van der Waals surface area contributed by atoms with E-state index in [2.05, 4.69) is 19.2 Å². The van der Waals surface area contributed by atoms with Gasteiger partial charge in [-0.15, -0.1) is 0 Å². The molecule has 0 aromatic heterocycles. The Morgan fingerprint density at radius 1 is 1.22 bits per heavy atom. The van der Waals surface area contributed by atoms with Crippen molar-refractivity contribution in [2.45, 2.75) is 90.0 Å². The standard InChI is InChI=1S/C18H34N2O3/c1-5-18(6-2)15(12-16(18)23-7-3)20(4)17(22)19-13-8-10-14(21)11-9-13/h13-16,21H,5-12H2,1-4H3,(H,19,22). The van der Waals surface area contributed by atoms with Gasteiger partial charge >= 0.3 is 6.03 Å². The normalized spacial score (nSPS) is 32.9. The van der Waals surface area contributed by atoms with E-state index in [-0.39, 0.29) is 35.7 Å². The summed E-state index contributed by atoms with van der Waals surface area (Å²) in [5.74, 6) is 0. The molecule has 0 aromatic carbocycles. The maximum Gasteiger partial charge on any atom is 0.317 e. The Labute approximate surface area is 140 Å². The van der Waals surface area contributed by atoms with Crippen LogP contribution in [0, 0.1) is 5.41 Å². The highest BCUT2D eigenvalue weighted by molar-refractivity contribution is 5.75. The number of amides is 2. The number of rotatable bonds is 6. The van der Waals surface area contributed by atoms with E-state index < -0.39 is 0 Å². The predicted octanol–water partition coefficient (Wildman–Crippen LogP) is 2.92. The number of nitrogens with one attached hydrogen (secondary N) is 1. The van der Waals surface area contributed by atoms with Crippen molar-refractivity contribution < 1.29 is 14.6 Å². The zero-order chi connectivity index (χ0) is 17.0. The minimum atomic E-state index is -0.188. The smallest absolute Gasteiger partial charge is 0.317 e. The fourth-order valence-electron chi connectivity index (χ4n) is 4.52. The molecule has 5 heteroatoms.